The fourth-order valence-corrected chi connectivity index (χ4v) is 1.71. The Balaban J connectivity index is 1.93. The molecule has 0 radical (unpaired) electrons. The summed E-state index contributed by atoms with van der Waals surface area (Å²) in [5, 5.41) is 7.97. The van der Waals surface area contributed by atoms with E-state index in [0.29, 0.717) is 16.7 Å². The van der Waals surface area contributed by atoms with Crippen molar-refractivity contribution in [3.8, 4) is 5.88 Å². The molecule has 96 valence electrons. The minimum atomic E-state index is -0.631. The zero-order valence-corrected chi connectivity index (χ0v) is 10.3. The van der Waals surface area contributed by atoms with Crippen LogP contribution in [-0.4, -0.2) is 16.3 Å². The maximum Gasteiger partial charge on any atom is 0.367 e. The molecule has 0 aliphatic heterocycles. The van der Waals surface area contributed by atoms with Crippen LogP contribution in [0.15, 0.2) is 33.3 Å². The number of hydrogen-bond acceptors (Lipinski definition) is 6. The SMILES string of the molecule is Cc1ccc2onc(OC(=O)c3cc(C)on3)c2c1. The van der Waals surface area contributed by atoms with Crippen LogP contribution in [0.5, 0.6) is 5.88 Å². The molecule has 0 saturated carbocycles. The number of aryl methyl sites for hydroxylation is 2. The molecule has 0 atom stereocenters. The largest absolute Gasteiger partial charge is 0.399 e. The van der Waals surface area contributed by atoms with Crippen LogP contribution in [0.3, 0.4) is 0 Å². The quantitative estimate of drug-likeness (QED) is 0.657. The third kappa shape index (κ3) is 2.08. The van der Waals surface area contributed by atoms with Crippen molar-refractivity contribution < 1.29 is 18.6 Å². The maximum absolute atomic E-state index is 11.8. The maximum atomic E-state index is 11.8. The van der Waals surface area contributed by atoms with Crippen molar-refractivity contribution >= 4 is 16.9 Å². The van der Waals surface area contributed by atoms with Gasteiger partial charge < -0.3 is 13.8 Å². The standard InChI is InChI=1S/C13H10N2O4/c1-7-3-4-11-9(5-7)12(15-19-11)17-13(16)10-6-8(2)18-14-10/h3-6H,1-2H3. The summed E-state index contributed by atoms with van der Waals surface area (Å²) in [6.45, 7) is 3.62. The van der Waals surface area contributed by atoms with Gasteiger partial charge in [-0.05, 0) is 31.1 Å². The lowest BCUT2D eigenvalue weighted by molar-refractivity contribution is 0.0712. The van der Waals surface area contributed by atoms with Gasteiger partial charge in [0.15, 0.2) is 11.3 Å². The molecule has 6 heteroatoms. The zero-order chi connectivity index (χ0) is 13.4. The summed E-state index contributed by atoms with van der Waals surface area (Å²) < 4.78 is 15.0. The van der Waals surface area contributed by atoms with Gasteiger partial charge >= 0.3 is 5.97 Å². The summed E-state index contributed by atoms with van der Waals surface area (Å²) in [5.74, 6) is 0.0331. The number of aromatic nitrogens is 2. The number of nitrogens with zero attached hydrogens (tertiary/aromatic N) is 2. The van der Waals surface area contributed by atoms with Gasteiger partial charge in [0.2, 0.25) is 0 Å². The average molecular weight is 258 g/mol. The molecule has 0 amide bonds. The smallest absolute Gasteiger partial charge is 0.367 e. The van der Waals surface area contributed by atoms with Crippen molar-refractivity contribution in [2.75, 3.05) is 0 Å². The van der Waals surface area contributed by atoms with Gasteiger partial charge in [-0.2, -0.15) is 0 Å². The molecular formula is C13H10N2O4. The molecule has 0 fully saturated rings. The van der Waals surface area contributed by atoms with E-state index in [1.54, 1.807) is 13.0 Å². The lowest BCUT2D eigenvalue weighted by Gasteiger charge is -1.97. The molecule has 0 unspecified atom stereocenters. The van der Waals surface area contributed by atoms with Gasteiger partial charge in [0.1, 0.15) is 5.76 Å². The van der Waals surface area contributed by atoms with Gasteiger partial charge in [-0.1, -0.05) is 16.8 Å². The van der Waals surface area contributed by atoms with E-state index in [1.165, 1.54) is 6.07 Å². The molecule has 0 aliphatic rings. The lowest BCUT2D eigenvalue weighted by atomic mass is 10.2. The van der Waals surface area contributed by atoms with Crippen molar-refractivity contribution in [3.05, 3.63) is 41.3 Å². The molecule has 2 heterocycles. The fraction of sp³-hybridized carbons (Fsp3) is 0.154. The van der Waals surface area contributed by atoms with Crippen molar-refractivity contribution in [3.63, 3.8) is 0 Å². The predicted octanol–water partition coefficient (Wildman–Crippen LogP) is 2.65. The Hall–Kier alpha value is -2.63. The summed E-state index contributed by atoms with van der Waals surface area (Å²) in [6, 6.07) is 6.99. The monoisotopic (exact) mass is 258 g/mol. The third-order valence-corrected chi connectivity index (χ3v) is 2.62. The molecule has 1 aromatic carbocycles. The van der Waals surface area contributed by atoms with Gasteiger partial charge in [-0.25, -0.2) is 4.79 Å². The van der Waals surface area contributed by atoms with Crippen molar-refractivity contribution in [1.29, 1.82) is 0 Å². The van der Waals surface area contributed by atoms with E-state index in [4.69, 9.17) is 13.8 Å². The summed E-state index contributed by atoms with van der Waals surface area (Å²) in [7, 11) is 0. The van der Waals surface area contributed by atoms with Crippen LogP contribution in [0.4, 0.5) is 0 Å². The fourth-order valence-electron chi connectivity index (χ4n) is 1.71. The van der Waals surface area contributed by atoms with Gasteiger partial charge in [-0.15, -0.1) is 0 Å². The van der Waals surface area contributed by atoms with Crippen LogP contribution < -0.4 is 4.74 Å². The highest BCUT2D eigenvalue weighted by Crippen LogP contribution is 2.26. The number of esters is 1. The highest BCUT2D eigenvalue weighted by atomic mass is 16.6. The Kier molecular flexibility index (Phi) is 2.56. The number of benzene rings is 1. The predicted molar refractivity (Wildman–Crippen MR) is 64.9 cm³/mol. The molecule has 0 aliphatic carbocycles. The number of carbonyl (C=O) groups is 1. The van der Waals surface area contributed by atoms with Crippen molar-refractivity contribution in [2.45, 2.75) is 13.8 Å². The Morgan fingerprint density at radius 2 is 2.00 bits per heavy atom. The zero-order valence-electron chi connectivity index (χ0n) is 10.3. The van der Waals surface area contributed by atoms with Gasteiger partial charge in [0.25, 0.3) is 5.88 Å². The molecule has 0 saturated heterocycles. The van der Waals surface area contributed by atoms with Crippen LogP contribution >= 0.6 is 0 Å². The third-order valence-electron chi connectivity index (χ3n) is 2.62. The van der Waals surface area contributed by atoms with Crippen LogP contribution in [-0.2, 0) is 0 Å². The van der Waals surface area contributed by atoms with Gasteiger partial charge in [0.05, 0.1) is 5.39 Å². The molecule has 6 nitrogen and oxygen atoms in total. The molecule has 0 bridgehead atoms. The molecule has 3 aromatic rings. The van der Waals surface area contributed by atoms with E-state index < -0.39 is 5.97 Å². The first-order valence-corrected chi connectivity index (χ1v) is 5.65. The number of fused-ring (bicyclic) bond motifs is 1. The summed E-state index contributed by atoms with van der Waals surface area (Å²) in [6.07, 6.45) is 0. The number of rotatable bonds is 2. The highest BCUT2D eigenvalue weighted by Gasteiger charge is 2.18. The summed E-state index contributed by atoms with van der Waals surface area (Å²) in [5.41, 5.74) is 1.68. The van der Waals surface area contributed by atoms with E-state index in [9.17, 15) is 4.79 Å². The van der Waals surface area contributed by atoms with E-state index in [1.807, 2.05) is 19.1 Å². The van der Waals surface area contributed by atoms with E-state index in [2.05, 4.69) is 10.3 Å². The second kappa shape index (κ2) is 4.24. The first kappa shape index (κ1) is 11.5. The molecular weight excluding hydrogens is 248 g/mol. The molecule has 3 rings (SSSR count). The van der Waals surface area contributed by atoms with Crippen molar-refractivity contribution in [1.82, 2.24) is 10.3 Å². The number of ether oxygens (including phenoxy) is 1. The Bertz CT molecular complexity index is 757. The summed E-state index contributed by atoms with van der Waals surface area (Å²) in [4.78, 5) is 11.8. The Labute approximate surface area is 107 Å². The average Bonchev–Trinajstić information content (AvgIpc) is 2.97. The van der Waals surface area contributed by atoms with Crippen LogP contribution in [0.1, 0.15) is 21.8 Å². The number of carbonyl (C=O) groups excluding carboxylic acids is 1. The minimum Gasteiger partial charge on any atom is -0.399 e. The van der Waals surface area contributed by atoms with E-state index in [-0.39, 0.29) is 11.6 Å². The van der Waals surface area contributed by atoms with E-state index >= 15 is 0 Å². The van der Waals surface area contributed by atoms with Crippen LogP contribution in [0.2, 0.25) is 0 Å². The number of hydrogen-bond donors (Lipinski definition) is 0. The van der Waals surface area contributed by atoms with Gasteiger partial charge in [0, 0.05) is 6.07 Å². The molecule has 19 heavy (non-hydrogen) atoms. The minimum absolute atomic E-state index is 0.0984. The topological polar surface area (TPSA) is 78.4 Å². The second-order valence-corrected chi connectivity index (χ2v) is 4.20. The molecule has 0 spiro atoms. The normalized spacial score (nSPS) is 10.8. The van der Waals surface area contributed by atoms with E-state index in [0.717, 1.165) is 5.56 Å². The molecule has 2 aromatic heterocycles. The molecule has 0 N–H and O–H groups in total. The Morgan fingerprint density at radius 1 is 1.16 bits per heavy atom. The van der Waals surface area contributed by atoms with Crippen LogP contribution in [0, 0.1) is 13.8 Å². The summed E-state index contributed by atoms with van der Waals surface area (Å²) >= 11 is 0. The van der Waals surface area contributed by atoms with Crippen molar-refractivity contribution in [2.24, 2.45) is 0 Å². The first-order chi connectivity index (χ1) is 9.13. The Morgan fingerprint density at radius 3 is 2.74 bits per heavy atom. The van der Waals surface area contributed by atoms with Gasteiger partial charge in [-0.3, -0.25) is 0 Å². The highest BCUT2D eigenvalue weighted by molar-refractivity contribution is 5.92. The second-order valence-electron chi connectivity index (χ2n) is 4.20. The lowest BCUT2D eigenvalue weighted by Crippen LogP contribution is -2.09. The van der Waals surface area contributed by atoms with Crippen LogP contribution in [0.25, 0.3) is 11.0 Å². The first-order valence-electron chi connectivity index (χ1n) is 5.65.